The van der Waals surface area contributed by atoms with Crippen LogP contribution in [-0.2, 0) is 31.6 Å². The Hall–Kier alpha value is -2.14. The highest BCUT2D eigenvalue weighted by atomic mass is 31.2. The van der Waals surface area contributed by atoms with Crippen molar-refractivity contribution in [3.63, 3.8) is 0 Å². The van der Waals surface area contributed by atoms with E-state index in [-0.39, 0.29) is 19.3 Å². The van der Waals surface area contributed by atoms with Gasteiger partial charge in [-0.1, -0.05) is 60.7 Å². The molecule has 0 radical (unpaired) electrons. The van der Waals surface area contributed by atoms with Gasteiger partial charge >= 0.3 is 13.7 Å². The first-order valence-corrected chi connectivity index (χ1v) is 13.6. The molecule has 2 aromatic rings. The van der Waals surface area contributed by atoms with Crippen LogP contribution >= 0.6 is 7.60 Å². The van der Waals surface area contributed by atoms with Crippen LogP contribution in [0.1, 0.15) is 36.8 Å². The molecule has 1 amide bonds. The second kappa shape index (κ2) is 11.3. The lowest BCUT2D eigenvalue weighted by atomic mass is 9.71. The molecule has 178 valence electrons. The maximum absolute atomic E-state index is 13.9. The van der Waals surface area contributed by atoms with Crippen molar-refractivity contribution in [1.29, 1.82) is 0 Å². The van der Waals surface area contributed by atoms with Gasteiger partial charge in [0.15, 0.2) is 0 Å². The van der Waals surface area contributed by atoms with Crippen LogP contribution in [0.3, 0.4) is 0 Å². The molecule has 0 spiro atoms. The molecule has 1 heterocycles. The summed E-state index contributed by atoms with van der Waals surface area (Å²) in [6.45, 7) is 2.05. The minimum Gasteiger partial charge on any atom is -0.453 e. The van der Waals surface area contributed by atoms with E-state index in [1.165, 1.54) is 7.11 Å². The minimum atomic E-state index is -3.28. The molecule has 1 saturated carbocycles. The van der Waals surface area contributed by atoms with E-state index in [0.29, 0.717) is 23.9 Å². The van der Waals surface area contributed by atoms with Crippen molar-refractivity contribution in [2.75, 3.05) is 26.4 Å². The third-order valence-corrected chi connectivity index (χ3v) is 8.94. The predicted octanol–water partition coefficient (Wildman–Crippen LogP) is 6.12. The fourth-order valence-corrected chi connectivity index (χ4v) is 7.07. The lowest BCUT2D eigenvalue weighted by molar-refractivity contribution is 0.0559. The number of amides is 1. The van der Waals surface area contributed by atoms with Crippen LogP contribution in [0.15, 0.2) is 60.7 Å². The van der Waals surface area contributed by atoms with Gasteiger partial charge in [0, 0.05) is 13.1 Å². The van der Waals surface area contributed by atoms with Crippen LogP contribution in [0, 0.1) is 17.8 Å². The Labute approximate surface area is 196 Å². The van der Waals surface area contributed by atoms with Crippen molar-refractivity contribution < 1.29 is 23.1 Å². The zero-order chi connectivity index (χ0) is 23.1. The van der Waals surface area contributed by atoms with Gasteiger partial charge in [0.25, 0.3) is 0 Å². The first-order valence-electron chi connectivity index (χ1n) is 11.8. The van der Waals surface area contributed by atoms with Crippen molar-refractivity contribution in [3.8, 4) is 0 Å². The summed E-state index contributed by atoms with van der Waals surface area (Å²) < 4.78 is 30.8. The maximum atomic E-state index is 13.9. The number of rotatable bonds is 8. The Kier molecular flexibility index (Phi) is 8.24. The van der Waals surface area contributed by atoms with Crippen LogP contribution in [0.4, 0.5) is 4.79 Å². The van der Waals surface area contributed by atoms with Gasteiger partial charge < -0.3 is 18.7 Å². The molecule has 3 unspecified atom stereocenters. The highest BCUT2D eigenvalue weighted by Crippen LogP contribution is 2.54. The first kappa shape index (κ1) is 24.0. The number of hydrogen-bond acceptors (Lipinski definition) is 5. The Morgan fingerprint density at radius 3 is 2.09 bits per heavy atom. The maximum Gasteiger partial charge on any atom is 0.409 e. The minimum absolute atomic E-state index is 0.233. The number of likely N-dealkylation sites (tertiary alicyclic amines) is 1. The summed E-state index contributed by atoms with van der Waals surface area (Å²) in [4.78, 5) is 13.7. The van der Waals surface area contributed by atoms with Gasteiger partial charge in [-0.3, -0.25) is 4.57 Å². The monoisotopic (exact) mass is 471 g/mol. The SMILES string of the molecule is COC(=O)N1CCC2CC(CP(=O)(OCc3ccccc3)OCc3ccccc3)CCC2C1. The molecule has 6 nitrogen and oxygen atoms in total. The van der Waals surface area contributed by atoms with Crippen molar-refractivity contribution in [2.45, 2.75) is 38.9 Å². The van der Waals surface area contributed by atoms with Crippen molar-refractivity contribution in [2.24, 2.45) is 17.8 Å². The summed E-state index contributed by atoms with van der Waals surface area (Å²) in [5, 5.41) is 0. The average Bonchev–Trinajstić information content (AvgIpc) is 2.87. The van der Waals surface area contributed by atoms with Gasteiger partial charge in [0.05, 0.1) is 26.5 Å². The standard InChI is InChI=1S/C26H34NO5P/c1-30-26(28)27-15-14-24-16-23(12-13-25(24)17-27)20-33(29,31-18-21-8-4-2-5-9-21)32-19-22-10-6-3-7-11-22/h2-11,23-25H,12-20H2,1H3. The molecule has 3 atom stereocenters. The van der Waals surface area contributed by atoms with E-state index in [0.717, 1.165) is 49.9 Å². The topological polar surface area (TPSA) is 65.1 Å². The van der Waals surface area contributed by atoms with E-state index < -0.39 is 7.60 Å². The summed E-state index contributed by atoms with van der Waals surface area (Å²) in [5.41, 5.74) is 1.97. The molecule has 2 aliphatic rings. The Morgan fingerprint density at radius 2 is 1.52 bits per heavy atom. The number of piperidine rings is 1. The number of benzene rings is 2. The zero-order valence-corrected chi connectivity index (χ0v) is 20.2. The number of carbonyl (C=O) groups is 1. The van der Waals surface area contributed by atoms with Crippen LogP contribution < -0.4 is 0 Å². The molecular formula is C26H34NO5P. The number of hydrogen-bond donors (Lipinski definition) is 0. The van der Waals surface area contributed by atoms with Gasteiger partial charge in [-0.25, -0.2) is 4.79 Å². The molecule has 7 heteroatoms. The lowest BCUT2D eigenvalue weighted by Gasteiger charge is -2.43. The van der Waals surface area contributed by atoms with E-state index in [1.807, 2.05) is 65.6 Å². The largest absolute Gasteiger partial charge is 0.453 e. The third-order valence-electron chi connectivity index (χ3n) is 6.93. The van der Waals surface area contributed by atoms with Gasteiger partial charge in [0.2, 0.25) is 0 Å². The highest BCUT2D eigenvalue weighted by Gasteiger charge is 2.39. The second-order valence-electron chi connectivity index (χ2n) is 9.22. The molecule has 1 aliphatic heterocycles. The Bertz CT molecular complexity index is 891. The number of nitrogens with zero attached hydrogens (tertiary/aromatic N) is 1. The van der Waals surface area contributed by atoms with E-state index >= 15 is 0 Å². The van der Waals surface area contributed by atoms with Crippen LogP contribution in [-0.4, -0.2) is 37.4 Å². The summed E-state index contributed by atoms with van der Waals surface area (Å²) in [7, 11) is -1.84. The first-order chi connectivity index (χ1) is 16.0. The van der Waals surface area contributed by atoms with Crippen LogP contribution in [0.2, 0.25) is 0 Å². The molecule has 1 aliphatic carbocycles. The molecule has 33 heavy (non-hydrogen) atoms. The van der Waals surface area contributed by atoms with Crippen molar-refractivity contribution >= 4 is 13.7 Å². The summed E-state index contributed by atoms with van der Waals surface area (Å²) >= 11 is 0. The Morgan fingerprint density at radius 1 is 0.909 bits per heavy atom. The van der Waals surface area contributed by atoms with E-state index in [9.17, 15) is 9.36 Å². The normalized spacial score (nSPS) is 23.1. The highest BCUT2D eigenvalue weighted by molar-refractivity contribution is 7.53. The summed E-state index contributed by atoms with van der Waals surface area (Å²) in [6, 6.07) is 19.6. The molecule has 1 saturated heterocycles. The van der Waals surface area contributed by atoms with Crippen LogP contribution in [0.5, 0.6) is 0 Å². The Balaban J connectivity index is 1.38. The molecule has 2 fully saturated rings. The third kappa shape index (κ3) is 6.69. The number of methoxy groups -OCH3 is 1. The molecule has 0 aromatic heterocycles. The fraction of sp³-hybridized carbons (Fsp3) is 0.500. The van der Waals surface area contributed by atoms with Crippen LogP contribution in [0.25, 0.3) is 0 Å². The van der Waals surface area contributed by atoms with Gasteiger partial charge in [-0.15, -0.1) is 0 Å². The van der Waals surface area contributed by atoms with Gasteiger partial charge in [0.1, 0.15) is 0 Å². The van der Waals surface area contributed by atoms with Gasteiger partial charge in [-0.2, -0.15) is 0 Å². The number of fused-ring (bicyclic) bond motifs is 1. The number of ether oxygens (including phenoxy) is 1. The molecule has 4 rings (SSSR count). The smallest absolute Gasteiger partial charge is 0.409 e. The lowest BCUT2D eigenvalue weighted by Crippen LogP contribution is -2.46. The fourth-order valence-electron chi connectivity index (χ4n) is 5.13. The summed E-state index contributed by atoms with van der Waals surface area (Å²) in [5.74, 6) is 1.33. The van der Waals surface area contributed by atoms with E-state index in [1.54, 1.807) is 0 Å². The quantitative estimate of drug-likeness (QED) is 0.434. The molecule has 0 bridgehead atoms. The summed E-state index contributed by atoms with van der Waals surface area (Å²) in [6.07, 6.45) is 4.19. The zero-order valence-electron chi connectivity index (χ0n) is 19.3. The van der Waals surface area contributed by atoms with Crippen molar-refractivity contribution in [1.82, 2.24) is 4.90 Å². The van der Waals surface area contributed by atoms with Gasteiger partial charge in [-0.05, 0) is 54.6 Å². The van der Waals surface area contributed by atoms with E-state index in [2.05, 4.69) is 0 Å². The average molecular weight is 472 g/mol. The molecule has 0 N–H and O–H groups in total. The number of carbonyl (C=O) groups excluding carboxylic acids is 1. The van der Waals surface area contributed by atoms with E-state index in [4.69, 9.17) is 13.8 Å². The molecular weight excluding hydrogens is 437 g/mol. The molecule has 2 aromatic carbocycles. The second-order valence-corrected chi connectivity index (χ2v) is 11.3. The van der Waals surface area contributed by atoms with Crippen molar-refractivity contribution in [3.05, 3.63) is 71.8 Å². The predicted molar refractivity (Wildman–Crippen MR) is 128 cm³/mol.